The van der Waals surface area contributed by atoms with Crippen molar-refractivity contribution in [3.05, 3.63) is 71.6 Å². The molecule has 0 spiro atoms. The van der Waals surface area contributed by atoms with E-state index in [0.29, 0.717) is 19.6 Å². The van der Waals surface area contributed by atoms with Crippen molar-refractivity contribution in [3.8, 4) is 0 Å². The van der Waals surface area contributed by atoms with Gasteiger partial charge < -0.3 is 38.5 Å². The lowest BCUT2D eigenvalue weighted by Gasteiger charge is -2.25. The predicted octanol–water partition coefficient (Wildman–Crippen LogP) is 4.46. The van der Waals surface area contributed by atoms with Crippen LogP contribution in [-0.4, -0.2) is 112 Å². The smallest absolute Gasteiger partial charge is 0.328 e. The summed E-state index contributed by atoms with van der Waals surface area (Å²) in [5.41, 5.74) is 0. The number of nitrogens with zero attached hydrogens (tertiary/aromatic N) is 1. The Morgan fingerprint density at radius 1 is 0.576 bits per heavy atom. The minimum atomic E-state index is -4.40. The SMILES string of the molecule is CC(C)NC(=O)c1ccc(S(=O)(=O)O)o1.CCCCNC(=O)c1ccc(S(=O)(=O)O)o1.O=C(NC1CCCCC1)c1ccc(S(=O)(=O)O)o1.O=C(c1ccc(S(=O)(=O)O)o1)N1CCCCC1. The summed E-state index contributed by atoms with van der Waals surface area (Å²) in [7, 11) is -17.6. The first-order valence-electron chi connectivity index (χ1n) is 20.2. The van der Waals surface area contributed by atoms with Crippen molar-refractivity contribution in [3.63, 3.8) is 0 Å². The number of furan rings is 4. The number of piperidine rings is 1. The Balaban J connectivity index is 0.000000234. The monoisotopic (exact) mass is 1010 g/mol. The summed E-state index contributed by atoms with van der Waals surface area (Å²) in [5, 5.41) is 5.37. The molecule has 28 heteroatoms. The van der Waals surface area contributed by atoms with Crippen LogP contribution in [0.15, 0.2) is 86.6 Å². The van der Waals surface area contributed by atoms with Gasteiger partial charge in [0.05, 0.1) is 0 Å². The number of amides is 4. The van der Waals surface area contributed by atoms with E-state index < -0.39 is 78.6 Å². The standard InChI is InChI=1S/C11H15NO5S.C10H13NO5S.C9H13NO5S.C8H11NO5S/c13-11(12-8-4-2-1-3-5-8)9-6-7-10(17-9)18(14,15)16;12-10(11-6-2-1-3-7-11)8-4-5-9(16-8)17(13,14)15;1-2-3-6-10-9(11)7-4-5-8(15-7)16(12,13)14;1-5(2)9-8(10)6-3-4-7(14-6)15(11,12)13/h6-8H,1-5H2,(H,12,13)(H,14,15,16);4-5H,1-3,6-7H2,(H,13,14,15);4-5H,2-3,6H2,1H3,(H,10,11)(H,12,13,14);3-5H,1-2H3,(H,9,10)(H,11,12,13). The number of carbonyl (C=O) groups excluding carboxylic acids is 4. The fraction of sp³-hybridized carbons (Fsp3) is 0.474. The molecule has 2 aliphatic rings. The summed E-state index contributed by atoms with van der Waals surface area (Å²) in [6.07, 6.45) is 9.95. The molecule has 368 valence electrons. The highest BCUT2D eigenvalue weighted by Crippen LogP contribution is 2.20. The van der Waals surface area contributed by atoms with E-state index in [0.717, 1.165) is 82.1 Å². The van der Waals surface area contributed by atoms with Crippen LogP contribution in [0.3, 0.4) is 0 Å². The van der Waals surface area contributed by atoms with Crippen molar-refractivity contribution in [2.24, 2.45) is 0 Å². The van der Waals surface area contributed by atoms with Gasteiger partial charge in [-0.05, 0) is 101 Å². The number of unbranched alkanes of at least 4 members (excludes halogenated alkanes) is 1. The zero-order chi connectivity index (χ0) is 49.5. The van der Waals surface area contributed by atoms with Gasteiger partial charge >= 0.3 is 40.5 Å². The van der Waals surface area contributed by atoms with Crippen LogP contribution in [0.2, 0.25) is 0 Å². The summed E-state index contributed by atoms with van der Waals surface area (Å²) >= 11 is 0. The average molecular weight is 1010 g/mol. The van der Waals surface area contributed by atoms with E-state index >= 15 is 0 Å². The zero-order valence-corrected chi connectivity index (χ0v) is 39.1. The lowest BCUT2D eigenvalue weighted by Crippen LogP contribution is -2.35. The van der Waals surface area contributed by atoms with Gasteiger partial charge in [-0.15, -0.1) is 0 Å². The first-order chi connectivity index (χ1) is 30.7. The van der Waals surface area contributed by atoms with E-state index in [1.807, 2.05) is 6.92 Å². The second kappa shape index (κ2) is 24.4. The van der Waals surface area contributed by atoms with Gasteiger partial charge in [-0.2, -0.15) is 33.7 Å². The van der Waals surface area contributed by atoms with Crippen molar-refractivity contribution >= 4 is 64.1 Å². The molecular formula is C38H52N4O20S4. The quantitative estimate of drug-likeness (QED) is 0.0717. The molecule has 1 aliphatic carbocycles. The molecule has 24 nitrogen and oxygen atoms in total. The fourth-order valence-electron chi connectivity index (χ4n) is 5.87. The molecule has 5 heterocycles. The third-order valence-corrected chi connectivity index (χ3v) is 12.0. The van der Waals surface area contributed by atoms with Gasteiger partial charge in [0.1, 0.15) is 0 Å². The molecule has 1 saturated heterocycles. The van der Waals surface area contributed by atoms with E-state index in [1.165, 1.54) is 30.7 Å². The molecule has 2 fully saturated rings. The zero-order valence-electron chi connectivity index (χ0n) is 35.9. The van der Waals surface area contributed by atoms with Crippen LogP contribution in [0.5, 0.6) is 0 Å². The van der Waals surface area contributed by atoms with Crippen molar-refractivity contribution in [2.45, 2.75) is 117 Å². The molecule has 0 atom stereocenters. The molecule has 4 aromatic heterocycles. The molecule has 0 aromatic carbocycles. The average Bonchev–Trinajstić information content (AvgIpc) is 4.08. The normalized spacial score (nSPS) is 14.6. The van der Waals surface area contributed by atoms with Crippen LogP contribution < -0.4 is 16.0 Å². The highest BCUT2D eigenvalue weighted by molar-refractivity contribution is 7.86. The number of rotatable bonds is 13. The molecule has 4 aromatic rings. The molecule has 0 radical (unpaired) electrons. The number of hydrogen-bond donors (Lipinski definition) is 7. The van der Waals surface area contributed by atoms with Gasteiger partial charge in [0.25, 0.3) is 23.6 Å². The Labute approximate surface area is 380 Å². The summed E-state index contributed by atoms with van der Waals surface area (Å²) in [4.78, 5) is 48.0. The van der Waals surface area contributed by atoms with Gasteiger partial charge in [0.15, 0.2) is 23.0 Å². The first-order valence-corrected chi connectivity index (χ1v) is 25.9. The molecule has 66 heavy (non-hydrogen) atoms. The molecule has 0 unspecified atom stereocenters. The molecule has 6 rings (SSSR count). The molecule has 4 amide bonds. The van der Waals surface area contributed by atoms with Crippen molar-refractivity contribution in [1.29, 1.82) is 0 Å². The maximum Gasteiger partial charge on any atom is 0.328 e. The van der Waals surface area contributed by atoms with Gasteiger partial charge in [-0.1, -0.05) is 32.6 Å². The van der Waals surface area contributed by atoms with Gasteiger partial charge in [0, 0.05) is 31.7 Å². The highest BCUT2D eigenvalue weighted by atomic mass is 32.2. The van der Waals surface area contributed by atoms with Gasteiger partial charge in [-0.25, -0.2) is 0 Å². The maximum absolute atomic E-state index is 11.9. The predicted molar refractivity (Wildman–Crippen MR) is 228 cm³/mol. The largest absolute Gasteiger partial charge is 0.437 e. The topological polar surface area (TPSA) is 378 Å². The molecule has 1 aliphatic heterocycles. The Morgan fingerprint density at radius 3 is 1.35 bits per heavy atom. The number of likely N-dealkylation sites (tertiary alicyclic amines) is 1. The summed E-state index contributed by atoms with van der Waals surface area (Å²) in [5.74, 6) is -2.26. The number of hydrogen-bond acceptors (Lipinski definition) is 16. The third-order valence-electron chi connectivity index (χ3n) is 9.04. The van der Waals surface area contributed by atoms with Gasteiger partial charge in [-0.3, -0.25) is 37.4 Å². The van der Waals surface area contributed by atoms with Crippen LogP contribution in [0, 0.1) is 0 Å². The second-order valence-electron chi connectivity index (χ2n) is 14.8. The van der Waals surface area contributed by atoms with E-state index in [4.69, 9.17) is 31.5 Å². The summed E-state index contributed by atoms with van der Waals surface area (Å²) < 4.78 is 139. The van der Waals surface area contributed by atoms with Crippen LogP contribution in [-0.2, 0) is 40.5 Å². The van der Waals surface area contributed by atoms with Crippen LogP contribution in [0.25, 0.3) is 0 Å². The van der Waals surface area contributed by atoms with Crippen LogP contribution in [0.4, 0.5) is 0 Å². The third kappa shape index (κ3) is 18.1. The van der Waals surface area contributed by atoms with E-state index in [-0.39, 0.29) is 41.0 Å². The van der Waals surface area contributed by atoms with Crippen molar-refractivity contribution < 1.29 is 88.7 Å². The van der Waals surface area contributed by atoms with Gasteiger partial charge in [0.2, 0.25) is 20.4 Å². The maximum atomic E-state index is 11.9. The minimum absolute atomic E-state index is 0.0560. The second-order valence-corrected chi connectivity index (χ2v) is 20.2. The molecule has 1 saturated carbocycles. The van der Waals surface area contributed by atoms with Crippen LogP contribution in [0.1, 0.15) is 127 Å². The Bertz CT molecular complexity index is 2700. The first kappa shape index (κ1) is 55.0. The number of nitrogens with one attached hydrogen (secondary N) is 3. The van der Waals surface area contributed by atoms with E-state index in [2.05, 4.69) is 20.4 Å². The Hall–Kier alpha value is -5.36. The number of carbonyl (C=O) groups is 4. The molecule has 7 N–H and O–H groups in total. The summed E-state index contributed by atoms with van der Waals surface area (Å²) in [6, 6.07) is 9.10. The highest BCUT2D eigenvalue weighted by Gasteiger charge is 2.25. The minimum Gasteiger partial charge on any atom is -0.437 e. The lowest BCUT2D eigenvalue weighted by molar-refractivity contribution is 0.0685. The fourth-order valence-corrected chi connectivity index (χ4v) is 7.61. The lowest BCUT2D eigenvalue weighted by atomic mass is 9.95. The Morgan fingerprint density at radius 2 is 0.955 bits per heavy atom. The van der Waals surface area contributed by atoms with E-state index in [9.17, 15) is 52.8 Å². The van der Waals surface area contributed by atoms with E-state index in [1.54, 1.807) is 18.7 Å². The van der Waals surface area contributed by atoms with Crippen molar-refractivity contribution in [1.82, 2.24) is 20.9 Å². The molecular weight excluding hydrogens is 961 g/mol. The van der Waals surface area contributed by atoms with Crippen LogP contribution >= 0.6 is 0 Å². The molecule has 0 bridgehead atoms. The summed E-state index contributed by atoms with van der Waals surface area (Å²) in [6.45, 7) is 7.29. The van der Waals surface area contributed by atoms with Crippen molar-refractivity contribution in [2.75, 3.05) is 19.6 Å². The Kier molecular flexibility index (Phi) is 20.3.